The molecule has 0 aliphatic heterocycles. The van der Waals surface area contributed by atoms with Gasteiger partial charge in [0, 0.05) is 10.2 Å². The van der Waals surface area contributed by atoms with Crippen molar-refractivity contribution in [2.24, 2.45) is 0 Å². The van der Waals surface area contributed by atoms with E-state index in [9.17, 15) is 14.3 Å². The second-order valence-electron chi connectivity index (χ2n) is 4.13. The second-order valence-corrected chi connectivity index (χ2v) is 5.05. The summed E-state index contributed by atoms with van der Waals surface area (Å²) in [5.74, 6) is -1.05. The van der Waals surface area contributed by atoms with E-state index in [0.29, 0.717) is 15.7 Å². The lowest BCUT2D eigenvalue weighted by Gasteiger charge is -2.08. The van der Waals surface area contributed by atoms with Crippen LogP contribution in [0.1, 0.15) is 15.9 Å². The van der Waals surface area contributed by atoms with E-state index >= 15 is 0 Å². The van der Waals surface area contributed by atoms with Crippen molar-refractivity contribution in [1.29, 1.82) is 0 Å². The Hall–Kier alpha value is -1.88. The zero-order valence-electron chi connectivity index (χ0n) is 10.1. The number of anilines is 1. The average Bonchev–Trinajstić information content (AvgIpc) is 2.30. The molecule has 0 heterocycles. The van der Waals surface area contributed by atoms with Crippen LogP contribution in [0, 0.1) is 12.7 Å². The molecule has 0 aliphatic rings. The summed E-state index contributed by atoms with van der Waals surface area (Å²) in [5, 5.41) is 12.2. The van der Waals surface area contributed by atoms with Crippen molar-refractivity contribution in [2.45, 2.75) is 6.92 Å². The Balaban J connectivity index is 2.28. The summed E-state index contributed by atoms with van der Waals surface area (Å²) in [5.41, 5.74) is 1.17. The molecule has 2 rings (SSSR count). The Morgan fingerprint density at radius 1 is 1.26 bits per heavy atom. The first kappa shape index (κ1) is 13.5. The van der Waals surface area contributed by atoms with Crippen LogP contribution >= 0.6 is 15.9 Å². The van der Waals surface area contributed by atoms with Gasteiger partial charge >= 0.3 is 0 Å². The highest BCUT2D eigenvalue weighted by atomic mass is 79.9. The third-order valence-electron chi connectivity index (χ3n) is 2.50. The van der Waals surface area contributed by atoms with E-state index in [4.69, 9.17) is 0 Å². The number of hydrogen-bond acceptors (Lipinski definition) is 2. The Kier molecular flexibility index (Phi) is 3.85. The Morgan fingerprint density at radius 3 is 2.68 bits per heavy atom. The molecule has 1 amide bonds. The molecule has 0 saturated heterocycles. The molecule has 0 atom stereocenters. The number of carbonyl (C=O) groups is 1. The fraction of sp³-hybridized carbons (Fsp3) is 0.0714. The van der Waals surface area contributed by atoms with E-state index in [1.54, 1.807) is 19.1 Å². The van der Waals surface area contributed by atoms with Crippen LogP contribution in [-0.4, -0.2) is 11.0 Å². The van der Waals surface area contributed by atoms with E-state index in [2.05, 4.69) is 21.2 Å². The predicted molar refractivity (Wildman–Crippen MR) is 74.9 cm³/mol. The zero-order valence-corrected chi connectivity index (χ0v) is 11.7. The van der Waals surface area contributed by atoms with Gasteiger partial charge in [-0.1, -0.05) is 15.9 Å². The maximum absolute atomic E-state index is 13.2. The number of halogens is 2. The van der Waals surface area contributed by atoms with Crippen molar-refractivity contribution in [3.05, 3.63) is 57.8 Å². The highest BCUT2D eigenvalue weighted by molar-refractivity contribution is 9.10. The molecule has 0 saturated carbocycles. The van der Waals surface area contributed by atoms with Crippen LogP contribution in [0.3, 0.4) is 0 Å². The summed E-state index contributed by atoms with van der Waals surface area (Å²) >= 11 is 3.22. The lowest BCUT2D eigenvalue weighted by atomic mass is 10.1. The number of amides is 1. The number of phenols is 1. The number of phenolic OH excluding ortho intramolecular Hbond substituents is 1. The van der Waals surface area contributed by atoms with Gasteiger partial charge < -0.3 is 10.4 Å². The van der Waals surface area contributed by atoms with Gasteiger partial charge in [0.1, 0.15) is 11.6 Å². The first-order valence-corrected chi connectivity index (χ1v) is 6.32. The molecule has 2 aromatic carbocycles. The minimum atomic E-state index is -0.496. The molecular weight excluding hydrogens is 313 g/mol. The molecule has 2 N–H and O–H groups in total. The van der Waals surface area contributed by atoms with Crippen molar-refractivity contribution >= 4 is 27.5 Å². The van der Waals surface area contributed by atoms with Gasteiger partial charge in [-0.25, -0.2) is 4.39 Å². The highest BCUT2D eigenvalue weighted by Gasteiger charge is 2.12. The molecule has 0 aromatic heterocycles. The number of benzene rings is 2. The first-order chi connectivity index (χ1) is 8.95. The van der Waals surface area contributed by atoms with Crippen molar-refractivity contribution in [2.75, 3.05) is 5.32 Å². The molecule has 0 radical (unpaired) electrons. The number of carbonyl (C=O) groups excluding carboxylic acids is 1. The summed E-state index contributed by atoms with van der Waals surface area (Å²) in [6.07, 6.45) is 0. The number of aromatic hydroxyl groups is 1. The van der Waals surface area contributed by atoms with Crippen LogP contribution in [0.2, 0.25) is 0 Å². The Morgan fingerprint density at radius 2 is 2.00 bits per heavy atom. The fourth-order valence-electron chi connectivity index (χ4n) is 1.70. The quantitative estimate of drug-likeness (QED) is 0.881. The van der Waals surface area contributed by atoms with Gasteiger partial charge in [0.2, 0.25) is 0 Å². The van der Waals surface area contributed by atoms with Crippen LogP contribution < -0.4 is 5.32 Å². The Bertz CT molecular complexity index is 623. The van der Waals surface area contributed by atoms with Gasteiger partial charge in [-0.05, 0) is 48.9 Å². The van der Waals surface area contributed by atoms with Crippen molar-refractivity contribution < 1.29 is 14.3 Å². The van der Waals surface area contributed by atoms with Gasteiger partial charge in [-0.3, -0.25) is 4.79 Å². The average molecular weight is 324 g/mol. The lowest BCUT2D eigenvalue weighted by Crippen LogP contribution is -2.12. The molecule has 0 fully saturated rings. The van der Waals surface area contributed by atoms with E-state index in [1.807, 2.05) is 0 Å². The normalized spacial score (nSPS) is 10.3. The van der Waals surface area contributed by atoms with Crippen molar-refractivity contribution in [3.8, 4) is 5.75 Å². The summed E-state index contributed by atoms with van der Waals surface area (Å²) in [6.45, 7) is 1.73. The Labute approximate surface area is 118 Å². The smallest absolute Gasteiger partial charge is 0.259 e. The molecular formula is C14H11BrFNO2. The third-order valence-corrected chi connectivity index (χ3v) is 3.00. The molecule has 0 aliphatic carbocycles. The molecule has 5 heteroatoms. The first-order valence-electron chi connectivity index (χ1n) is 5.53. The minimum Gasteiger partial charge on any atom is -0.507 e. The van der Waals surface area contributed by atoms with Crippen LogP contribution in [0.5, 0.6) is 5.75 Å². The number of aryl methyl sites for hydroxylation is 1. The number of rotatable bonds is 2. The van der Waals surface area contributed by atoms with Crippen molar-refractivity contribution in [1.82, 2.24) is 0 Å². The van der Waals surface area contributed by atoms with Gasteiger partial charge in [-0.15, -0.1) is 0 Å². The predicted octanol–water partition coefficient (Wildman–Crippen LogP) is 3.85. The van der Waals surface area contributed by atoms with Crippen LogP contribution in [-0.2, 0) is 0 Å². The van der Waals surface area contributed by atoms with E-state index in [-0.39, 0.29) is 11.3 Å². The number of nitrogens with one attached hydrogen (secondary N) is 1. The highest BCUT2D eigenvalue weighted by Crippen LogP contribution is 2.23. The summed E-state index contributed by atoms with van der Waals surface area (Å²) in [7, 11) is 0. The van der Waals surface area contributed by atoms with Crippen LogP contribution in [0.25, 0.3) is 0 Å². The van der Waals surface area contributed by atoms with E-state index in [1.165, 1.54) is 24.3 Å². The molecule has 3 nitrogen and oxygen atoms in total. The van der Waals surface area contributed by atoms with E-state index < -0.39 is 11.7 Å². The van der Waals surface area contributed by atoms with Gasteiger partial charge in [0.05, 0.1) is 5.56 Å². The van der Waals surface area contributed by atoms with Crippen LogP contribution in [0.4, 0.5) is 10.1 Å². The molecule has 19 heavy (non-hydrogen) atoms. The van der Waals surface area contributed by atoms with Gasteiger partial charge in [-0.2, -0.15) is 0 Å². The summed E-state index contributed by atoms with van der Waals surface area (Å²) in [4.78, 5) is 12.0. The summed E-state index contributed by atoms with van der Waals surface area (Å²) < 4.78 is 13.9. The van der Waals surface area contributed by atoms with Crippen LogP contribution in [0.15, 0.2) is 40.9 Å². The maximum atomic E-state index is 13.2. The second kappa shape index (κ2) is 5.40. The number of hydrogen-bond donors (Lipinski definition) is 2. The maximum Gasteiger partial charge on any atom is 0.259 e. The molecule has 2 aromatic rings. The standard InChI is InChI=1S/C14H11BrFNO2/c1-8-4-10(16)7-11(5-8)17-14(19)12-6-9(15)2-3-13(12)18/h2-7,18H,1H3,(H,17,19). The van der Waals surface area contributed by atoms with Crippen molar-refractivity contribution in [3.63, 3.8) is 0 Å². The molecule has 0 unspecified atom stereocenters. The lowest BCUT2D eigenvalue weighted by molar-refractivity contribution is 0.102. The van der Waals surface area contributed by atoms with E-state index in [0.717, 1.165) is 0 Å². The molecule has 0 spiro atoms. The SMILES string of the molecule is Cc1cc(F)cc(NC(=O)c2cc(Br)ccc2O)c1. The van der Waals surface area contributed by atoms with Gasteiger partial charge in [0.15, 0.2) is 0 Å². The topological polar surface area (TPSA) is 49.3 Å². The zero-order chi connectivity index (χ0) is 14.0. The fourth-order valence-corrected chi connectivity index (χ4v) is 2.06. The molecule has 98 valence electrons. The third kappa shape index (κ3) is 3.32. The summed E-state index contributed by atoms with van der Waals surface area (Å²) in [6, 6.07) is 8.77. The monoisotopic (exact) mass is 323 g/mol. The van der Waals surface area contributed by atoms with Gasteiger partial charge in [0.25, 0.3) is 5.91 Å². The molecule has 0 bridgehead atoms. The largest absolute Gasteiger partial charge is 0.507 e. The minimum absolute atomic E-state index is 0.122.